The van der Waals surface area contributed by atoms with E-state index in [0.717, 1.165) is 36.3 Å². The molecular weight excluding hydrogens is 328 g/mol. The van der Waals surface area contributed by atoms with E-state index in [9.17, 15) is 4.79 Å². The van der Waals surface area contributed by atoms with Gasteiger partial charge in [0.2, 0.25) is 0 Å². The Balaban J connectivity index is 0.00000208. The van der Waals surface area contributed by atoms with E-state index in [0.29, 0.717) is 17.2 Å². The summed E-state index contributed by atoms with van der Waals surface area (Å²) in [4.78, 5) is 17.2. The smallest absolute Gasteiger partial charge is 0.259 e. The van der Waals surface area contributed by atoms with Crippen molar-refractivity contribution in [2.75, 3.05) is 13.1 Å². The van der Waals surface area contributed by atoms with Gasteiger partial charge in [-0.05, 0) is 44.3 Å². The Morgan fingerprint density at radius 1 is 1.46 bits per heavy atom. The summed E-state index contributed by atoms with van der Waals surface area (Å²) >= 11 is 0. The van der Waals surface area contributed by atoms with Gasteiger partial charge in [0.1, 0.15) is 0 Å². The minimum atomic E-state index is -0.0654. The molecule has 2 aromatic heterocycles. The fourth-order valence-electron chi connectivity index (χ4n) is 3.14. The van der Waals surface area contributed by atoms with Crippen molar-refractivity contribution in [2.45, 2.75) is 46.1 Å². The summed E-state index contributed by atoms with van der Waals surface area (Å²) in [6.45, 7) is 9.95. The van der Waals surface area contributed by atoms with Crippen molar-refractivity contribution in [3.05, 3.63) is 23.0 Å². The van der Waals surface area contributed by atoms with E-state index in [2.05, 4.69) is 27.7 Å². The zero-order valence-corrected chi connectivity index (χ0v) is 15.4. The number of pyridine rings is 1. The minimum Gasteiger partial charge on any atom is -0.349 e. The van der Waals surface area contributed by atoms with Crippen molar-refractivity contribution in [3.63, 3.8) is 0 Å². The fraction of sp³-hybridized carbons (Fsp3) is 0.588. The molecule has 132 valence electrons. The normalized spacial score (nSPS) is 20.9. The zero-order chi connectivity index (χ0) is 16.6. The first-order valence-electron chi connectivity index (χ1n) is 8.26. The zero-order valence-electron chi connectivity index (χ0n) is 14.5. The molecule has 1 amide bonds. The first-order chi connectivity index (χ1) is 11.0. The molecule has 24 heavy (non-hydrogen) atoms. The molecule has 0 saturated carbocycles. The van der Waals surface area contributed by atoms with Gasteiger partial charge in [0.05, 0.1) is 16.6 Å². The number of amides is 1. The second-order valence-electron chi connectivity index (χ2n) is 6.76. The standard InChI is InChI=1S/C17H24N4O2.ClH/c1-9(2)15-14-12(7-11(4)19-17(14)23-21-15)16(22)20-13-5-6-18-8-10(13)3;/h7,9-10,13,18H,5-6,8H2,1-4H3,(H,20,22);1H. The number of hydrogen-bond acceptors (Lipinski definition) is 5. The van der Waals surface area contributed by atoms with Crippen LogP contribution in [-0.4, -0.2) is 35.2 Å². The Labute approximate surface area is 148 Å². The van der Waals surface area contributed by atoms with Crippen molar-refractivity contribution >= 4 is 29.4 Å². The topological polar surface area (TPSA) is 80.0 Å². The third kappa shape index (κ3) is 3.54. The van der Waals surface area contributed by atoms with Crippen LogP contribution in [0.1, 0.15) is 54.9 Å². The van der Waals surface area contributed by atoms with E-state index >= 15 is 0 Å². The molecule has 1 aliphatic heterocycles. The monoisotopic (exact) mass is 352 g/mol. The summed E-state index contributed by atoms with van der Waals surface area (Å²) in [5.74, 6) is 0.521. The Morgan fingerprint density at radius 2 is 2.21 bits per heavy atom. The molecule has 0 aliphatic carbocycles. The maximum Gasteiger partial charge on any atom is 0.259 e. The number of nitrogens with one attached hydrogen (secondary N) is 2. The number of rotatable bonds is 3. The summed E-state index contributed by atoms with van der Waals surface area (Å²) in [6, 6.07) is 2.02. The van der Waals surface area contributed by atoms with Crippen LogP contribution in [0.4, 0.5) is 0 Å². The number of aromatic nitrogens is 2. The number of nitrogens with zero attached hydrogens (tertiary/aromatic N) is 2. The van der Waals surface area contributed by atoms with Gasteiger partial charge in [-0.15, -0.1) is 12.4 Å². The average Bonchev–Trinajstić information content (AvgIpc) is 2.92. The van der Waals surface area contributed by atoms with Gasteiger partial charge in [0, 0.05) is 11.7 Å². The second kappa shape index (κ2) is 7.49. The van der Waals surface area contributed by atoms with Crippen LogP contribution in [0.2, 0.25) is 0 Å². The van der Waals surface area contributed by atoms with Crippen LogP contribution in [0.15, 0.2) is 10.6 Å². The van der Waals surface area contributed by atoms with Crippen molar-refractivity contribution in [3.8, 4) is 0 Å². The summed E-state index contributed by atoms with van der Waals surface area (Å²) < 4.78 is 5.34. The average molecular weight is 353 g/mol. The number of piperidine rings is 1. The van der Waals surface area contributed by atoms with Crippen LogP contribution in [-0.2, 0) is 0 Å². The van der Waals surface area contributed by atoms with Crippen LogP contribution in [0, 0.1) is 12.8 Å². The molecule has 2 N–H and O–H groups in total. The number of carbonyl (C=O) groups is 1. The highest BCUT2D eigenvalue weighted by molar-refractivity contribution is 6.06. The van der Waals surface area contributed by atoms with Gasteiger partial charge in [-0.1, -0.05) is 25.9 Å². The fourth-order valence-corrected chi connectivity index (χ4v) is 3.14. The van der Waals surface area contributed by atoms with Gasteiger partial charge in [0.25, 0.3) is 11.6 Å². The van der Waals surface area contributed by atoms with Gasteiger partial charge in [-0.3, -0.25) is 4.79 Å². The van der Waals surface area contributed by atoms with Crippen molar-refractivity contribution in [2.24, 2.45) is 5.92 Å². The van der Waals surface area contributed by atoms with Crippen LogP contribution in [0.3, 0.4) is 0 Å². The molecule has 0 aromatic carbocycles. The lowest BCUT2D eigenvalue weighted by atomic mass is 9.94. The lowest BCUT2D eigenvalue weighted by Gasteiger charge is -2.30. The highest BCUT2D eigenvalue weighted by Crippen LogP contribution is 2.27. The molecule has 1 fully saturated rings. The molecule has 0 spiro atoms. The SMILES string of the molecule is Cc1cc(C(=O)NC2CCNCC2C)c2c(C(C)C)noc2n1.Cl. The summed E-state index contributed by atoms with van der Waals surface area (Å²) in [6.07, 6.45) is 0.945. The molecule has 0 radical (unpaired) electrons. The quantitative estimate of drug-likeness (QED) is 0.887. The first-order valence-corrected chi connectivity index (χ1v) is 8.26. The van der Waals surface area contributed by atoms with Crippen molar-refractivity contribution < 1.29 is 9.32 Å². The van der Waals surface area contributed by atoms with Gasteiger partial charge < -0.3 is 15.2 Å². The second-order valence-corrected chi connectivity index (χ2v) is 6.76. The molecule has 3 rings (SSSR count). The van der Waals surface area contributed by atoms with E-state index in [4.69, 9.17) is 4.52 Å². The molecule has 2 atom stereocenters. The molecule has 1 aliphatic rings. The van der Waals surface area contributed by atoms with Gasteiger partial charge in [-0.2, -0.15) is 0 Å². The lowest BCUT2D eigenvalue weighted by Crippen LogP contribution is -2.48. The molecule has 1 saturated heterocycles. The molecule has 2 unspecified atom stereocenters. The van der Waals surface area contributed by atoms with Gasteiger partial charge >= 0.3 is 0 Å². The molecule has 0 bridgehead atoms. The van der Waals surface area contributed by atoms with E-state index in [1.54, 1.807) is 0 Å². The van der Waals surface area contributed by atoms with Gasteiger partial charge in [-0.25, -0.2) is 4.98 Å². The molecule has 6 nitrogen and oxygen atoms in total. The van der Waals surface area contributed by atoms with E-state index < -0.39 is 0 Å². The van der Waals surface area contributed by atoms with Crippen LogP contribution < -0.4 is 10.6 Å². The van der Waals surface area contributed by atoms with Crippen LogP contribution in [0.5, 0.6) is 0 Å². The number of hydrogen-bond donors (Lipinski definition) is 2. The van der Waals surface area contributed by atoms with Crippen LogP contribution >= 0.6 is 12.4 Å². The largest absolute Gasteiger partial charge is 0.349 e. The molecule has 3 heterocycles. The molecular formula is C17H25ClN4O2. The third-order valence-corrected chi connectivity index (χ3v) is 4.49. The Kier molecular flexibility index (Phi) is 5.83. The van der Waals surface area contributed by atoms with E-state index in [-0.39, 0.29) is 30.3 Å². The van der Waals surface area contributed by atoms with E-state index in [1.807, 2.05) is 26.8 Å². The van der Waals surface area contributed by atoms with Crippen LogP contribution in [0.25, 0.3) is 11.1 Å². The first kappa shape index (κ1) is 18.7. The number of carbonyl (C=O) groups excluding carboxylic acids is 1. The highest BCUT2D eigenvalue weighted by atomic mass is 35.5. The Bertz CT molecular complexity index is 729. The summed E-state index contributed by atoms with van der Waals surface area (Å²) in [5.41, 5.74) is 2.60. The molecule has 2 aromatic rings. The minimum absolute atomic E-state index is 0. The lowest BCUT2D eigenvalue weighted by molar-refractivity contribution is 0.0915. The highest BCUT2D eigenvalue weighted by Gasteiger charge is 2.26. The summed E-state index contributed by atoms with van der Waals surface area (Å²) in [5, 5.41) is 11.4. The Hall–Kier alpha value is -1.66. The number of fused-ring (bicyclic) bond motifs is 1. The van der Waals surface area contributed by atoms with Gasteiger partial charge in [0.15, 0.2) is 0 Å². The predicted octanol–water partition coefficient (Wildman–Crippen LogP) is 2.80. The maximum absolute atomic E-state index is 12.9. The maximum atomic E-state index is 12.9. The van der Waals surface area contributed by atoms with E-state index in [1.165, 1.54) is 0 Å². The van der Waals surface area contributed by atoms with Crippen molar-refractivity contribution in [1.82, 2.24) is 20.8 Å². The number of aryl methyl sites for hydroxylation is 1. The summed E-state index contributed by atoms with van der Waals surface area (Å²) in [7, 11) is 0. The third-order valence-electron chi connectivity index (χ3n) is 4.49. The Morgan fingerprint density at radius 3 is 2.88 bits per heavy atom. The van der Waals surface area contributed by atoms with Crippen molar-refractivity contribution in [1.29, 1.82) is 0 Å². The predicted molar refractivity (Wildman–Crippen MR) is 95.8 cm³/mol. The number of halogens is 1. The molecule has 7 heteroatoms.